The van der Waals surface area contributed by atoms with Gasteiger partial charge in [-0.05, 0) is 31.0 Å². The van der Waals surface area contributed by atoms with Crippen LogP contribution < -0.4 is 4.90 Å². The first-order valence-electron chi connectivity index (χ1n) is 7.80. The highest BCUT2D eigenvalue weighted by molar-refractivity contribution is 7.09. The minimum atomic E-state index is 0.138. The second-order valence-corrected chi connectivity index (χ2v) is 7.03. The highest BCUT2D eigenvalue weighted by Gasteiger charge is 2.34. The normalized spacial score (nSPS) is 21.3. The smallest absolute Gasteiger partial charge is 0.231 e. The Morgan fingerprint density at radius 2 is 2.23 bits per heavy atom. The van der Waals surface area contributed by atoms with Gasteiger partial charge in [0.25, 0.3) is 0 Å². The second-order valence-electron chi connectivity index (χ2n) is 6.06. The number of likely N-dealkylation sites (tertiary alicyclic amines) is 1. The van der Waals surface area contributed by atoms with E-state index in [1.54, 1.807) is 11.3 Å². The Balaban J connectivity index is 1.42. The maximum atomic E-state index is 12.8. The van der Waals surface area contributed by atoms with Crippen LogP contribution in [0, 0.1) is 5.92 Å². The van der Waals surface area contributed by atoms with Crippen molar-refractivity contribution in [1.82, 2.24) is 9.88 Å². The van der Waals surface area contributed by atoms with Crippen LogP contribution in [0.3, 0.4) is 0 Å². The van der Waals surface area contributed by atoms with Gasteiger partial charge in [0.2, 0.25) is 5.91 Å². The molecule has 0 spiro atoms. The summed E-state index contributed by atoms with van der Waals surface area (Å²) in [5, 5.41) is 0. The summed E-state index contributed by atoms with van der Waals surface area (Å²) < 4.78 is 0. The Bertz CT molecular complexity index is 670. The van der Waals surface area contributed by atoms with Gasteiger partial charge in [-0.15, -0.1) is 11.3 Å². The summed E-state index contributed by atoms with van der Waals surface area (Å²) in [6.07, 6.45) is 3.88. The molecule has 2 aliphatic heterocycles. The lowest BCUT2D eigenvalue weighted by Crippen LogP contribution is -2.36. The summed E-state index contributed by atoms with van der Waals surface area (Å²) in [6, 6.07) is 8.28. The first-order valence-corrected chi connectivity index (χ1v) is 8.68. The summed E-state index contributed by atoms with van der Waals surface area (Å²) in [5.41, 5.74) is 4.29. The molecule has 2 aromatic rings. The minimum absolute atomic E-state index is 0.138. The first kappa shape index (κ1) is 13.9. The van der Waals surface area contributed by atoms with Gasteiger partial charge in [-0.3, -0.25) is 14.7 Å². The fourth-order valence-electron chi connectivity index (χ4n) is 3.51. The van der Waals surface area contributed by atoms with E-state index in [0.717, 1.165) is 44.7 Å². The van der Waals surface area contributed by atoms with Gasteiger partial charge in [0.1, 0.15) is 0 Å². The van der Waals surface area contributed by atoms with Crippen LogP contribution in [0.1, 0.15) is 16.9 Å². The van der Waals surface area contributed by atoms with E-state index in [4.69, 9.17) is 0 Å². The Morgan fingerprint density at radius 3 is 3.09 bits per heavy atom. The van der Waals surface area contributed by atoms with Gasteiger partial charge >= 0.3 is 0 Å². The van der Waals surface area contributed by atoms with E-state index < -0.39 is 0 Å². The maximum absolute atomic E-state index is 12.8. The third kappa shape index (κ3) is 2.55. The van der Waals surface area contributed by atoms with Crippen LogP contribution in [0.5, 0.6) is 0 Å². The molecular formula is C17H19N3OS. The van der Waals surface area contributed by atoms with Crippen molar-refractivity contribution in [2.75, 3.05) is 24.5 Å². The second kappa shape index (κ2) is 5.82. The lowest BCUT2D eigenvalue weighted by molar-refractivity contribution is -0.121. The van der Waals surface area contributed by atoms with Gasteiger partial charge in [0.05, 0.1) is 11.4 Å². The first-order chi connectivity index (χ1) is 10.8. The highest BCUT2D eigenvalue weighted by Crippen LogP contribution is 2.31. The fourth-order valence-corrected chi connectivity index (χ4v) is 4.14. The maximum Gasteiger partial charge on any atom is 0.231 e. The molecule has 0 aliphatic carbocycles. The molecule has 1 aromatic heterocycles. The number of thiazole rings is 1. The average molecular weight is 313 g/mol. The number of hydrogen-bond acceptors (Lipinski definition) is 4. The highest BCUT2D eigenvalue weighted by atomic mass is 32.1. The van der Waals surface area contributed by atoms with E-state index in [1.807, 2.05) is 22.7 Å². The number of amides is 1. The molecule has 114 valence electrons. The van der Waals surface area contributed by atoms with Crippen molar-refractivity contribution in [2.24, 2.45) is 5.92 Å². The van der Waals surface area contributed by atoms with Gasteiger partial charge in [-0.2, -0.15) is 0 Å². The van der Waals surface area contributed by atoms with E-state index in [9.17, 15) is 4.79 Å². The number of carbonyl (C=O) groups excluding carboxylic acids is 1. The molecular weight excluding hydrogens is 294 g/mol. The van der Waals surface area contributed by atoms with E-state index in [1.165, 1.54) is 10.4 Å². The Labute approximate surface area is 134 Å². The third-order valence-corrected chi connectivity index (χ3v) is 5.40. The van der Waals surface area contributed by atoms with Crippen LogP contribution in [0.4, 0.5) is 5.69 Å². The van der Waals surface area contributed by atoms with Crippen LogP contribution in [0.25, 0.3) is 0 Å². The lowest BCUT2D eigenvalue weighted by Gasteiger charge is -2.21. The van der Waals surface area contributed by atoms with Gasteiger partial charge in [-0.1, -0.05) is 18.2 Å². The summed E-state index contributed by atoms with van der Waals surface area (Å²) in [6.45, 7) is 3.63. The zero-order chi connectivity index (χ0) is 14.9. The number of carbonyl (C=O) groups is 1. The molecule has 4 nitrogen and oxygen atoms in total. The molecule has 1 unspecified atom stereocenters. The Hall–Kier alpha value is -1.72. The van der Waals surface area contributed by atoms with Crippen molar-refractivity contribution in [3.8, 4) is 0 Å². The van der Waals surface area contributed by atoms with Crippen molar-refractivity contribution in [2.45, 2.75) is 19.4 Å². The predicted octanol–water partition coefficient (Wildman–Crippen LogP) is 2.55. The van der Waals surface area contributed by atoms with Crippen molar-refractivity contribution >= 4 is 22.9 Å². The van der Waals surface area contributed by atoms with Gasteiger partial charge in [0.15, 0.2) is 0 Å². The molecule has 0 saturated carbocycles. The molecule has 1 aromatic carbocycles. The summed E-state index contributed by atoms with van der Waals surface area (Å²) >= 11 is 1.69. The Morgan fingerprint density at radius 1 is 1.32 bits per heavy atom. The quantitative estimate of drug-likeness (QED) is 0.874. The van der Waals surface area contributed by atoms with E-state index in [-0.39, 0.29) is 5.92 Å². The monoisotopic (exact) mass is 313 g/mol. The zero-order valence-corrected chi connectivity index (χ0v) is 13.3. The molecule has 22 heavy (non-hydrogen) atoms. The van der Waals surface area contributed by atoms with Crippen LogP contribution in [-0.2, 0) is 17.8 Å². The van der Waals surface area contributed by atoms with Crippen molar-refractivity contribution in [3.63, 3.8) is 0 Å². The number of rotatable bonds is 3. The predicted molar refractivity (Wildman–Crippen MR) is 88.0 cm³/mol. The van der Waals surface area contributed by atoms with Crippen molar-refractivity contribution in [1.29, 1.82) is 0 Å². The van der Waals surface area contributed by atoms with Crippen molar-refractivity contribution < 1.29 is 4.79 Å². The molecule has 3 heterocycles. The summed E-state index contributed by atoms with van der Waals surface area (Å²) in [7, 11) is 0. The molecule has 1 amide bonds. The van der Waals surface area contributed by atoms with Crippen LogP contribution >= 0.6 is 11.3 Å². The zero-order valence-electron chi connectivity index (χ0n) is 12.4. The molecule has 1 atom stereocenters. The summed E-state index contributed by atoms with van der Waals surface area (Å²) in [5.74, 6) is 0.441. The molecule has 2 aliphatic rings. The number of para-hydroxylation sites is 1. The topological polar surface area (TPSA) is 36.4 Å². The average Bonchev–Trinajstić information content (AvgIpc) is 3.27. The van der Waals surface area contributed by atoms with Gasteiger partial charge in [-0.25, -0.2) is 0 Å². The van der Waals surface area contributed by atoms with E-state index in [0.29, 0.717) is 5.91 Å². The fraction of sp³-hybridized carbons (Fsp3) is 0.412. The number of anilines is 1. The van der Waals surface area contributed by atoms with Crippen molar-refractivity contribution in [3.05, 3.63) is 46.4 Å². The molecule has 0 radical (unpaired) electrons. The van der Waals surface area contributed by atoms with Crippen LogP contribution in [0.15, 0.2) is 36.0 Å². The number of nitrogens with zero attached hydrogens (tertiary/aromatic N) is 3. The largest absolute Gasteiger partial charge is 0.312 e. The molecule has 4 rings (SSSR count). The third-order valence-electron chi connectivity index (χ3n) is 4.64. The molecule has 1 fully saturated rings. The standard InChI is InChI=1S/C17H19N3OS/c21-17(20-8-6-13-3-1-2-4-16(13)20)14-5-7-19(10-14)11-15-9-18-12-22-15/h1-4,9,12,14H,5-8,10-11H2. The molecule has 5 heteroatoms. The molecule has 1 saturated heterocycles. The molecule has 0 N–H and O–H groups in total. The van der Waals surface area contributed by atoms with E-state index in [2.05, 4.69) is 28.1 Å². The van der Waals surface area contributed by atoms with Gasteiger partial charge in [0, 0.05) is 36.4 Å². The van der Waals surface area contributed by atoms with Crippen LogP contribution in [0.2, 0.25) is 0 Å². The number of hydrogen-bond donors (Lipinski definition) is 0. The molecule has 0 bridgehead atoms. The SMILES string of the molecule is O=C(C1CCN(Cc2cncs2)C1)N1CCc2ccccc21. The van der Waals surface area contributed by atoms with Crippen LogP contribution in [-0.4, -0.2) is 35.4 Å². The number of fused-ring (bicyclic) bond motifs is 1. The number of benzene rings is 1. The Kier molecular flexibility index (Phi) is 3.68. The van der Waals surface area contributed by atoms with Gasteiger partial charge < -0.3 is 4.90 Å². The number of aromatic nitrogens is 1. The summed E-state index contributed by atoms with van der Waals surface area (Å²) in [4.78, 5) is 22.6. The minimum Gasteiger partial charge on any atom is -0.312 e. The van der Waals surface area contributed by atoms with E-state index >= 15 is 0 Å². The lowest BCUT2D eigenvalue weighted by atomic mass is 10.1.